The van der Waals surface area contributed by atoms with Gasteiger partial charge in [0.1, 0.15) is 0 Å². The molecule has 0 aromatic rings. The van der Waals surface area contributed by atoms with E-state index in [1.807, 2.05) is 0 Å². The molecular formula is C5H12O4S. The smallest absolute Gasteiger partial charge is 0.264 e. The van der Waals surface area contributed by atoms with Crippen LogP contribution >= 0.6 is 0 Å². The van der Waals surface area contributed by atoms with Gasteiger partial charge < -0.3 is 4.74 Å². The van der Waals surface area contributed by atoms with E-state index >= 15 is 0 Å². The summed E-state index contributed by atoms with van der Waals surface area (Å²) in [5.74, 6) is -0.234. The fourth-order valence-electron chi connectivity index (χ4n) is 0.433. The predicted octanol–water partition coefficient (Wildman–Crippen LogP) is 0.299. The summed E-state index contributed by atoms with van der Waals surface area (Å²) in [6, 6.07) is 0. The molecule has 4 nitrogen and oxygen atoms in total. The Morgan fingerprint density at radius 3 is 2.40 bits per heavy atom. The molecule has 0 saturated carbocycles. The maximum absolute atomic E-state index is 10.2. The minimum Gasteiger partial charge on any atom is -0.382 e. The van der Waals surface area contributed by atoms with E-state index in [9.17, 15) is 8.42 Å². The minimum atomic E-state index is -3.81. The molecule has 0 aromatic carbocycles. The van der Waals surface area contributed by atoms with Crippen molar-refractivity contribution in [3.63, 3.8) is 0 Å². The molecule has 0 heterocycles. The van der Waals surface area contributed by atoms with Crippen molar-refractivity contribution in [2.45, 2.75) is 19.4 Å². The summed E-state index contributed by atoms with van der Waals surface area (Å²) in [4.78, 5) is 0. The van der Waals surface area contributed by atoms with Gasteiger partial charge in [0.25, 0.3) is 10.1 Å². The van der Waals surface area contributed by atoms with Crippen LogP contribution in [-0.4, -0.2) is 31.9 Å². The molecule has 10 heavy (non-hydrogen) atoms. The van der Waals surface area contributed by atoms with Gasteiger partial charge in [0.05, 0.1) is 11.9 Å². The molecule has 62 valence electrons. The maximum Gasteiger partial charge on any atom is 0.264 e. The normalized spacial score (nSPS) is 15.1. The summed E-state index contributed by atoms with van der Waals surface area (Å²) in [6.07, 6.45) is 0.205. The van der Waals surface area contributed by atoms with Crippen molar-refractivity contribution in [3.05, 3.63) is 0 Å². The van der Waals surface area contributed by atoms with Gasteiger partial charge in [-0.1, -0.05) is 0 Å². The monoisotopic (exact) mass is 168 g/mol. The number of hydrogen-bond donors (Lipinski definition) is 1. The summed E-state index contributed by atoms with van der Waals surface area (Å²) >= 11 is 0. The zero-order valence-electron chi connectivity index (χ0n) is 6.07. The molecule has 0 aliphatic carbocycles. The molecule has 0 unspecified atom stereocenters. The predicted molar refractivity (Wildman–Crippen MR) is 37.5 cm³/mol. The molecule has 0 rings (SSSR count). The van der Waals surface area contributed by atoms with Crippen molar-refractivity contribution >= 4 is 10.1 Å². The Balaban J connectivity index is 3.56. The highest BCUT2D eigenvalue weighted by atomic mass is 32.2. The third-order valence-corrected chi connectivity index (χ3v) is 1.94. The topological polar surface area (TPSA) is 63.6 Å². The van der Waals surface area contributed by atoms with E-state index in [-0.39, 0.29) is 11.9 Å². The summed E-state index contributed by atoms with van der Waals surface area (Å²) in [7, 11) is -2.31. The molecule has 1 atom stereocenters. The van der Waals surface area contributed by atoms with Gasteiger partial charge in [0.2, 0.25) is 0 Å². The lowest BCUT2D eigenvalue weighted by molar-refractivity contribution is 0.115. The van der Waals surface area contributed by atoms with Crippen molar-refractivity contribution in [1.29, 1.82) is 0 Å². The Bertz CT molecular complexity index is 172. The fraction of sp³-hybridized carbons (Fsp3) is 1.00. The van der Waals surface area contributed by atoms with E-state index in [0.29, 0.717) is 6.42 Å². The lowest BCUT2D eigenvalue weighted by Gasteiger charge is -2.05. The summed E-state index contributed by atoms with van der Waals surface area (Å²) in [6.45, 7) is 1.74. The lowest BCUT2D eigenvalue weighted by Crippen LogP contribution is -2.12. The first kappa shape index (κ1) is 9.87. The molecular weight excluding hydrogens is 156 g/mol. The Morgan fingerprint density at radius 2 is 2.10 bits per heavy atom. The highest BCUT2D eigenvalue weighted by molar-refractivity contribution is 7.85. The van der Waals surface area contributed by atoms with Gasteiger partial charge in [-0.2, -0.15) is 8.42 Å². The number of ether oxygens (including phenoxy) is 1. The molecule has 0 bridgehead atoms. The van der Waals surface area contributed by atoms with Gasteiger partial charge in [-0.3, -0.25) is 4.55 Å². The van der Waals surface area contributed by atoms with Crippen LogP contribution in [0, 0.1) is 0 Å². The number of hydrogen-bond acceptors (Lipinski definition) is 3. The molecule has 0 spiro atoms. The van der Waals surface area contributed by atoms with Gasteiger partial charge in [0.15, 0.2) is 0 Å². The first-order chi connectivity index (χ1) is 4.45. The van der Waals surface area contributed by atoms with Crippen molar-refractivity contribution in [2.24, 2.45) is 0 Å². The van der Waals surface area contributed by atoms with Gasteiger partial charge in [-0.05, 0) is 13.3 Å². The van der Waals surface area contributed by atoms with Crippen LogP contribution in [0.1, 0.15) is 13.3 Å². The molecule has 0 radical (unpaired) electrons. The maximum atomic E-state index is 10.2. The molecule has 0 fully saturated rings. The average Bonchev–Trinajstić information content (AvgIpc) is 1.81. The second-order valence-corrected chi connectivity index (χ2v) is 3.69. The molecule has 1 N–H and O–H groups in total. The van der Waals surface area contributed by atoms with E-state index in [0.717, 1.165) is 0 Å². The van der Waals surface area contributed by atoms with E-state index in [1.165, 1.54) is 7.11 Å². The van der Waals surface area contributed by atoms with Gasteiger partial charge in [0, 0.05) is 7.11 Å². The molecule has 0 aliphatic rings. The fourth-order valence-corrected chi connectivity index (χ4v) is 1.06. The van der Waals surface area contributed by atoms with E-state index in [4.69, 9.17) is 9.29 Å². The zero-order valence-corrected chi connectivity index (χ0v) is 6.89. The Labute approximate surface area is 60.9 Å². The first-order valence-electron chi connectivity index (χ1n) is 2.93. The largest absolute Gasteiger partial charge is 0.382 e. The van der Waals surface area contributed by atoms with Crippen LogP contribution < -0.4 is 0 Å². The van der Waals surface area contributed by atoms with Crippen LogP contribution in [0.25, 0.3) is 0 Å². The Kier molecular flexibility index (Phi) is 3.85. The number of rotatable bonds is 4. The quantitative estimate of drug-likeness (QED) is 0.613. The van der Waals surface area contributed by atoms with Crippen LogP contribution in [0.3, 0.4) is 0 Å². The Hall–Kier alpha value is -0.130. The number of methoxy groups -OCH3 is 1. The highest BCUT2D eigenvalue weighted by Gasteiger charge is 2.07. The van der Waals surface area contributed by atoms with Gasteiger partial charge in [-0.15, -0.1) is 0 Å². The van der Waals surface area contributed by atoms with Crippen LogP contribution in [-0.2, 0) is 14.9 Å². The van der Waals surface area contributed by atoms with Gasteiger partial charge in [-0.25, -0.2) is 0 Å². The Morgan fingerprint density at radius 1 is 1.60 bits per heavy atom. The van der Waals surface area contributed by atoms with Crippen molar-refractivity contribution < 1.29 is 17.7 Å². The third kappa shape index (κ3) is 6.00. The average molecular weight is 168 g/mol. The minimum absolute atomic E-state index is 0.123. The molecule has 5 heteroatoms. The van der Waals surface area contributed by atoms with E-state index < -0.39 is 10.1 Å². The SMILES string of the molecule is CO[C@@H](C)CCS(=O)(=O)O. The highest BCUT2D eigenvalue weighted by Crippen LogP contribution is 1.97. The van der Waals surface area contributed by atoms with E-state index in [1.54, 1.807) is 6.92 Å². The second-order valence-electron chi connectivity index (χ2n) is 2.12. The molecule has 0 saturated heterocycles. The first-order valence-corrected chi connectivity index (χ1v) is 4.54. The molecule has 0 aliphatic heterocycles. The molecule has 0 amide bonds. The van der Waals surface area contributed by atoms with Crippen LogP contribution in [0.4, 0.5) is 0 Å². The van der Waals surface area contributed by atoms with E-state index in [2.05, 4.69) is 0 Å². The third-order valence-electron chi connectivity index (χ3n) is 1.18. The van der Waals surface area contributed by atoms with Crippen LogP contribution in [0.15, 0.2) is 0 Å². The zero-order chi connectivity index (χ0) is 8.20. The summed E-state index contributed by atoms with van der Waals surface area (Å²) in [5.41, 5.74) is 0. The lowest BCUT2D eigenvalue weighted by atomic mass is 10.3. The van der Waals surface area contributed by atoms with Crippen LogP contribution in [0.2, 0.25) is 0 Å². The van der Waals surface area contributed by atoms with Crippen molar-refractivity contribution in [3.8, 4) is 0 Å². The molecule has 0 aromatic heterocycles. The standard InChI is InChI=1S/C5H12O4S/c1-5(9-2)3-4-10(6,7)8/h5H,3-4H2,1-2H3,(H,6,7,8)/t5-/m0/s1. The van der Waals surface area contributed by atoms with Crippen molar-refractivity contribution in [2.75, 3.05) is 12.9 Å². The van der Waals surface area contributed by atoms with Crippen LogP contribution in [0.5, 0.6) is 0 Å². The summed E-state index contributed by atoms with van der Waals surface area (Å²) < 4.78 is 33.4. The van der Waals surface area contributed by atoms with Crippen molar-refractivity contribution in [1.82, 2.24) is 0 Å². The summed E-state index contributed by atoms with van der Waals surface area (Å²) in [5, 5.41) is 0. The van der Waals surface area contributed by atoms with Gasteiger partial charge >= 0.3 is 0 Å². The second kappa shape index (κ2) is 3.90.